The highest BCUT2D eigenvalue weighted by molar-refractivity contribution is 5.04. The van der Waals surface area contributed by atoms with Gasteiger partial charge in [0, 0.05) is 13.0 Å². The minimum atomic E-state index is -0.473. The summed E-state index contributed by atoms with van der Waals surface area (Å²) in [7, 11) is 0. The Kier molecular flexibility index (Phi) is 9.91. The Hall–Kier alpha value is -0.590. The summed E-state index contributed by atoms with van der Waals surface area (Å²) in [6, 6.07) is 2.36. The van der Waals surface area contributed by atoms with E-state index in [1.807, 2.05) is 13.8 Å². The largest absolute Gasteiger partial charge is 0.378 e. The van der Waals surface area contributed by atoms with E-state index in [1.165, 1.54) is 25.7 Å². The monoisotopic (exact) mass is 268 g/mol. The smallest absolute Gasteiger partial charge is 0.106 e. The summed E-state index contributed by atoms with van der Waals surface area (Å²) < 4.78 is 5.94. The quantitative estimate of drug-likeness (QED) is 0.618. The van der Waals surface area contributed by atoms with Crippen molar-refractivity contribution in [2.24, 2.45) is 5.92 Å². The van der Waals surface area contributed by atoms with Crippen LogP contribution in [0.25, 0.3) is 0 Å². The molecule has 0 fully saturated rings. The first-order valence-electron chi connectivity index (χ1n) is 7.79. The fourth-order valence-electron chi connectivity index (χ4n) is 2.38. The molecule has 0 aliphatic carbocycles. The molecule has 3 atom stereocenters. The van der Waals surface area contributed by atoms with Gasteiger partial charge in [-0.15, -0.1) is 0 Å². The molecule has 3 heteroatoms. The fraction of sp³-hybridized carbons (Fsp3) is 0.938. The van der Waals surface area contributed by atoms with Crippen molar-refractivity contribution in [3.63, 3.8) is 0 Å². The van der Waals surface area contributed by atoms with Crippen molar-refractivity contribution >= 4 is 0 Å². The zero-order valence-electron chi connectivity index (χ0n) is 13.5. The standard InChI is InChI=1S/C16H32N2O/c1-6-9-10-15(7-2)12-19-14(4)11-16(5,13-17)18-8-3/h14-15,18H,6-12H2,1-5H3. The molecule has 3 nitrogen and oxygen atoms in total. The number of hydrogen-bond donors (Lipinski definition) is 1. The maximum atomic E-state index is 9.24. The second-order valence-corrected chi connectivity index (χ2v) is 5.74. The Morgan fingerprint density at radius 1 is 1.32 bits per heavy atom. The molecular weight excluding hydrogens is 236 g/mol. The van der Waals surface area contributed by atoms with Gasteiger partial charge in [-0.05, 0) is 32.7 Å². The van der Waals surface area contributed by atoms with Crippen molar-refractivity contribution < 1.29 is 4.74 Å². The molecule has 19 heavy (non-hydrogen) atoms. The van der Waals surface area contributed by atoms with Crippen molar-refractivity contribution in [1.82, 2.24) is 5.32 Å². The molecule has 0 bridgehead atoms. The highest BCUT2D eigenvalue weighted by Crippen LogP contribution is 2.17. The van der Waals surface area contributed by atoms with Crippen molar-refractivity contribution in [3.8, 4) is 6.07 Å². The fourth-order valence-corrected chi connectivity index (χ4v) is 2.38. The Labute approximate surface area is 119 Å². The van der Waals surface area contributed by atoms with E-state index >= 15 is 0 Å². The molecule has 1 N–H and O–H groups in total. The van der Waals surface area contributed by atoms with Crippen LogP contribution >= 0.6 is 0 Å². The summed E-state index contributed by atoms with van der Waals surface area (Å²) in [5.74, 6) is 0.662. The van der Waals surface area contributed by atoms with Crippen LogP contribution in [0.3, 0.4) is 0 Å². The lowest BCUT2D eigenvalue weighted by molar-refractivity contribution is 0.0221. The van der Waals surface area contributed by atoms with Crippen molar-refractivity contribution in [1.29, 1.82) is 5.26 Å². The molecule has 0 saturated heterocycles. The molecule has 0 aliphatic rings. The lowest BCUT2D eigenvalue weighted by Gasteiger charge is -2.27. The van der Waals surface area contributed by atoms with E-state index in [2.05, 4.69) is 32.2 Å². The van der Waals surface area contributed by atoms with Crippen LogP contribution in [0.1, 0.15) is 66.7 Å². The molecule has 0 aromatic carbocycles. The number of rotatable bonds is 11. The van der Waals surface area contributed by atoms with E-state index < -0.39 is 5.54 Å². The normalized spacial score (nSPS) is 17.5. The van der Waals surface area contributed by atoms with Crippen molar-refractivity contribution in [2.75, 3.05) is 13.2 Å². The van der Waals surface area contributed by atoms with Gasteiger partial charge in [0.15, 0.2) is 0 Å². The number of ether oxygens (including phenoxy) is 1. The Morgan fingerprint density at radius 3 is 2.47 bits per heavy atom. The van der Waals surface area contributed by atoms with Crippen LogP contribution in [0.2, 0.25) is 0 Å². The van der Waals surface area contributed by atoms with Gasteiger partial charge in [-0.1, -0.05) is 40.0 Å². The molecule has 0 rings (SSSR count). The van der Waals surface area contributed by atoms with Crippen molar-refractivity contribution in [2.45, 2.75) is 78.4 Å². The Bertz CT molecular complexity index is 262. The van der Waals surface area contributed by atoms with Crippen LogP contribution in [-0.4, -0.2) is 24.8 Å². The van der Waals surface area contributed by atoms with Gasteiger partial charge in [-0.2, -0.15) is 5.26 Å². The molecule has 0 heterocycles. The lowest BCUT2D eigenvalue weighted by Crippen LogP contribution is -2.43. The second kappa shape index (κ2) is 10.2. The summed E-state index contributed by atoms with van der Waals surface area (Å²) >= 11 is 0. The summed E-state index contributed by atoms with van der Waals surface area (Å²) in [6.07, 6.45) is 5.82. The van der Waals surface area contributed by atoms with Crippen molar-refractivity contribution in [3.05, 3.63) is 0 Å². The molecule has 0 spiro atoms. The first-order chi connectivity index (χ1) is 9.01. The Morgan fingerprint density at radius 2 is 2.00 bits per heavy atom. The molecule has 0 aliphatic heterocycles. The van der Waals surface area contributed by atoms with Gasteiger partial charge in [0.1, 0.15) is 5.54 Å². The summed E-state index contributed by atoms with van der Waals surface area (Å²) in [5.41, 5.74) is -0.473. The highest BCUT2D eigenvalue weighted by atomic mass is 16.5. The highest BCUT2D eigenvalue weighted by Gasteiger charge is 2.25. The van der Waals surface area contributed by atoms with Gasteiger partial charge in [-0.25, -0.2) is 0 Å². The third-order valence-corrected chi connectivity index (χ3v) is 3.67. The molecule has 0 aromatic rings. The van der Waals surface area contributed by atoms with Gasteiger partial charge in [-0.3, -0.25) is 5.32 Å². The topological polar surface area (TPSA) is 45.0 Å². The van der Waals surface area contributed by atoms with E-state index in [9.17, 15) is 5.26 Å². The maximum absolute atomic E-state index is 9.24. The first kappa shape index (κ1) is 18.4. The van der Waals surface area contributed by atoms with Crippen LogP contribution in [0.4, 0.5) is 0 Å². The molecule has 0 aromatic heterocycles. The van der Waals surface area contributed by atoms with Crippen LogP contribution in [0.5, 0.6) is 0 Å². The van der Waals surface area contributed by atoms with Gasteiger partial charge < -0.3 is 4.74 Å². The average Bonchev–Trinajstić information content (AvgIpc) is 2.39. The number of nitrogens with one attached hydrogen (secondary N) is 1. The SMILES string of the molecule is CCCCC(CC)COC(C)CC(C)(C#N)NCC. The van der Waals surface area contributed by atoms with Gasteiger partial charge in [0.25, 0.3) is 0 Å². The third kappa shape index (κ3) is 8.23. The van der Waals surface area contributed by atoms with Crippen LogP contribution < -0.4 is 5.32 Å². The zero-order valence-corrected chi connectivity index (χ0v) is 13.5. The summed E-state index contributed by atoms with van der Waals surface area (Å²) in [4.78, 5) is 0. The number of hydrogen-bond acceptors (Lipinski definition) is 3. The lowest BCUT2D eigenvalue weighted by atomic mass is 9.96. The van der Waals surface area contributed by atoms with Crippen LogP contribution in [0, 0.1) is 17.2 Å². The van der Waals surface area contributed by atoms with E-state index in [-0.39, 0.29) is 6.10 Å². The first-order valence-corrected chi connectivity index (χ1v) is 7.79. The number of nitrogens with zero attached hydrogens (tertiary/aromatic N) is 1. The molecule has 0 radical (unpaired) electrons. The van der Waals surface area contributed by atoms with Crippen LogP contribution in [-0.2, 0) is 4.74 Å². The molecule has 112 valence electrons. The van der Waals surface area contributed by atoms with Gasteiger partial charge >= 0.3 is 0 Å². The zero-order chi connectivity index (χ0) is 14.7. The van der Waals surface area contributed by atoms with E-state index in [0.29, 0.717) is 5.92 Å². The number of unbranched alkanes of at least 4 members (excludes halogenated alkanes) is 1. The average molecular weight is 268 g/mol. The predicted octanol–water partition coefficient (Wildman–Crippen LogP) is 3.89. The minimum Gasteiger partial charge on any atom is -0.378 e. The van der Waals surface area contributed by atoms with Gasteiger partial charge in [0.2, 0.25) is 0 Å². The van der Waals surface area contributed by atoms with E-state index in [0.717, 1.165) is 19.6 Å². The molecule has 0 amide bonds. The summed E-state index contributed by atoms with van der Waals surface area (Å²) in [6.45, 7) is 12.1. The predicted molar refractivity (Wildman–Crippen MR) is 81.0 cm³/mol. The molecular formula is C16H32N2O. The summed E-state index contributed by atoms with van der Waals surface area (Å²) in [5, 5.41) is 12.5. The number of nitriles is 1. The van der Waals surface area contributed by atoms with E-state index in [4.69, 9.17) is 4.74 Å². The Balaban J connectivity index is 4.08. The second-order valence-electron chi connectivity index (χ2n) is 5.74. The van der Waals surface area contributed by atoms with Crippen LogP contribution in [0.15, 0.2) is 0 Å². The maximum Gasteiger partial charge on any atom is 0.106 e. The van der Waals surface area contributed by atoms with Gasteiger partial charge in [0.05, 0.1) is 12.2 Å². The molecule has 0 saturated carbocycles. The van der Waals surface area contributed by atoms with E-state index in [1.54, 1.807) is 0 Å². The third-order valence-electron chi connectivity index (χ3n) is 3.67. The molecule has 3 unspecified atom stereocenters. The minimum absolute atomic E-state index is 0.124.